The molecule has 1 aliphatic rings. The van der Waals surface area contributed by atoms with Crippen LogP contribution in [0, 0.1) is 0 Å². The van der Waals surface area contributed by atoms with Crippen molar-refractivity contribution >= 4 is 17.3 Å². The molecule has 0 atom stereocenters. The van der Waals surface area contributed by atoms with Crippen LogP contribution in [0.15, 0.2) is 18.2 Å². The first-order valence-electron chi connectivity index (χ1n) is 6.62. The van der Waals surface area contributed by atoms with Gasteiger partial charge in [-0.25, -0.2) is 0 Å². The molecule has 1 aromatic rings. The molecule has 0 unspecified atom stereocenters. The van der Waals surface area contributed by atoms with Crippen LogP contribution in [-0.2, 0) is 6.42 Å². The van der Waals surface area contributed by atoms with Crippen molar-refractivity contribution in [2.24, 2.45) is 5.73 Å². The van der Waals surface area contributed by atoms with E-state index in [-0.39, 0.29) is 0 Å². The molecule has 2 rings (SSSR count). The molecule has 100 valence electrons. The van der Waals surface area contributed by atoms with Gasteiger partial charge in [0.05, 0.1) is 0 Å². The van der Waals surface area contributed by atoms with E-state index >= 15 is 0 Å². The van der Waals surface area contributed by atoms with Crippen LogP contribution in [0.1, 0.15) is 12.0 Å². The predicted octanol–water partition coefficient (Wildman–Crippen LogP) is 1.98. The van der Waals surface area contributed by atoms with Crippen LogP contribution in [0.25, 0.3) is 0 Å². The highest BCUT2D eigenvalue weighted by molar-refractivity contribution is 6.30. The van der Waals surface area contributed by atoms with E-state index in [9.17, 15) is 0 Å². The highest BCUT2D eigenvalue weighted by atomic mass is 35.5. The van der Waals surface area contributed by atoms with Gasteiger partial charge in [0.15, 0.2) is 0 Å². The summed E-state index contributed by atoms with van der Waals surface area (Å²) in [5.74, 6) is 0. The fraction of sp³-hybridized carbons (Fsp3) is 0.571. The number of rotatable bonds is 3. The van der Waals surface area contributed by atoms with Gasteiger partial charge in [-0.05, 0) is 56.7 Å². The average Bonchev–Trinajstić information content (AvgIpc) is 2.55. The van der Waals surface area contributed by atoms with Crippen LogP contribution in [0.4, 0.5) is 5.69 Å². The minimum atomic E-state index is 0.668. The average molecular weight is 268 g/mol. The van der Waals surface area contributed by atoms with E-state index < -0.39 is 0 Å². The highest BCUT2D eigenvalue weighted by Gasteiger charge is 2.15. The third-order valence-electron chi connectivity index (χ3n) is 3.52. The first kappa shape index (κ1) is 13.7. The van der Waals surface area contributed by atoms with Gasteiger partial charge in [0.25, 0.3) is 0 Å². The molecule has 0 amide bonds. The summed E-state index contributed by atoms with van der Waals surface area (Å²) in [6, 6.07) is 6.17. The largest absolute Gasteiger partial charge is 0.370 e. The number of nitrogens with two attached hydrogens (primary N) is 1. The molecule has 1 fully saturated rings. The topological polar surface area (TPSA) is 32.5 Å². The van der Waals surface area contributed by atoms with Crippen LogP contribution in [0.5, 0.6) is 0 Å². The maximum Gasteiger partial charge on any atom is 0.0410 e. The Morgan fingerprint density at radius 1 is 1.22 bits per heavy atom. The molecule has 3 nitrogen and oxygen atoms in total. The maximum absolute atomic E-state index is 6.08. The lowest BCUT2D eigenvalue weighted by Crippen LogP contribution is -2.29. The summed E-state index contributed by atoms with van der Waals surface area (Å²) in [6.07, 6.45) is 2.10. The van der Waals surface area contributed by atoms with E-state index in [1.54, 1.807) is 0 Å². The molecular weight excluding hydrogens is 246 g/mol. The normalized spacial score (nSPS) is 17.8. The Morgan fingerprint density at radius 2 is 2.06 bits per heavy atom. The van der Waals surface area contributed by atoms with Crippen molar-refractivity contribution in [3.8, 4) is 0 Å². The first-order chi connectivity index (χ1) is 8.70. The van der Waals surface area contributed by atoms with Gasteiger partial charge < -0.3 is 15.5 Å². The number of likely N-dealkylation sites (N-methyl/N-ethyl adjacent to an activating group) is 1. The molecule has 1 aromatic carbocycles. The zero-order valence-corrected chi connectivity index (χ0v) is 11.8. The van der Waals surface area contributed by atoms with Gasteiger partial charge in [0.1, 0.15) is 0 Å². The van der Waals surface area contributed by atoms with Gasteiger partial charge in [-0.3, -0.25) is 0 Å². The zero-order valence-electron chi connectivity index (χ0n) is 11.0. The summed E-state index contributed by atoms with van der Waals surface area (Å²) in [4.78, 5) is 4.85. The lowest BCUT2D eigenvalue weighted by atomic mass is 10.1. The SMILES string of the molecule is CN1CCCN(c2ccc(Cl)cc2CCN)CC1. The van der Waals surface area contributed by atoms with Gasteiger partial charge >= 0.3 is 0 Å². The molecule has 0 spiro atoms. The van der Waals surface area contributed by atoms with Gasteiger partial charge in [0, 0.05) is 30.3 Å². The monoisotopic (exact) mass is 267 g/mol. The Balaban J connectivity index is 2.20. The van der Waals surface area contributed by atoms with Crippen molar-refractivity contribution in [2.45, 2.75) is 12.8 Å². The molecule has 0 aromatic heterocycles. The summed E-state index contributed by atoms with van der Waals surface area (Å²) < 4.78 is 0. The Hall–Kier alpha value is -0.770. The predicted molar refractivity (Wildman–Crippen MR) is 78.5 cm³/mol. The van der Waals surface area contributed by atoms with Crippen molar-refractivity contribution < 1.29 is 0 Å². The Labute approximate surface area is 115 Å². The number of hydrogen-bond donors (Lipinski definition) is 1. The third kappa shape index (κ3) is 3.37. The third-order valence-corrected chi connectivity index (χ3v) is 3.75. The molecule has 2 N–H and O–H groups in total. The Kier molecular flexibility index (Phi) is 4.87. The second kappa shape index (κ2) is 6.41. The minimum absolute atomic E-state index is 0.668. The van der Waals surface area contributed by atoms with Crippen LogP contribution < -0.4 is 10.6 Å². The molecule has 0 saturated carbocycles. The first-order valence-corrected chi connectivity index (χ1v) is 7.00. The quantitative estimate of drug-likeness (QED) is 0.909. The lowest BCUT2D eigenvalue weighted by molar-refractivity contribution is 0.360. The summed E-state index contributed by atoms with van der Waals surface area (Å²) in [7, 11) is 2.19. The van der Waals surface area contributed by atoms with E-state index in [0.717, 1.165) is 31.1 Å². The molecule has 0 radical (unpaired) electrons. The molecule has 1 aliphatic heterocycles. The van der Waals surface area contributed by atoms with Gasteiger partial charge in [0.2, 0.25) is 0 Å². The van der Waals surface area contributed by atoms with E-state index in [1.165, 1.54) is 24.2 Å². The highest BCUT2D eigenvalue weighted by Crippen LogP contribution is 2.25. The number of nitrogens with zero attached hydrogens (tertiary/aromatic N) is 2. The number of hydrogen-bond acceptors (Lipinski definition) is 3. The van der Waals surface area contributed by atoms with Crippen LogP contribution >= 0.6 is 11.6 Å². The van der Waals surface area contributed by atoms with Crippen molar-refractivity contribution in [3.63, 3.8) is 0 Å². The van der Waals surface area contributed by atoms with E-state index in [2.05, 4.69) is 29.0 Å². The van der Waals surface area contributed by atoms with E-state index in [0.29, 0.717) is 6.54 Å². The molecule has 4 heteroatoms. The smallest absolute Gasteiger partial charge is 0.0410 e. The van der Waals surface area contributed by atoms with Crippen LogP contribution in [0.2, 0.25) is 5.02 Å². The minimum Gasteiger partial charge on any atom is -0.370 e. The van der Waals surface area contributed by atoms with Crippen molar-refractivity contribution in [1.29, 1.82) is 0 Å². The number of benzene rings is 1. The summed E-state index contributed by atoms with van der Waals surface area (Å²) in [6.45, 7) is 5.15. The van der Waals surface area contributed by atoms with Crippen molar-refractivity contribution in [3.05, 3.63) is 28.8 Å². The maximum atomic E-state index is 6.08. The molecule has 1 saturated heterocycles. The number of anilines is 1. The number of halogens is 1. The zero-order chi connectivity index (χ0) is 13.0. The molecular formula is C14H22ClN3. The summed E-state index contributed by atoms with van der Waals surface area (Å²) >= 11 is 6.08. The standard InChI is InChI=1S/C14H22ClN3/c1-17-7-2-8-18(10-9-17)14-4-3-13(15)11-12(14)5-6-16/h3-4,11H,2,5-10,16H2,1H3. The molecule has 0 bridgehead atoms. The Bertz CT molecular complexity index is 395. The second-order valence-electron chi connectivity index (χ2n) is 4.96. The van der Waals surface area contributed by atoms with Crippen LogP contribution in [-0.4, -0.2) is 44.7 Å². The summed E-state index contributed by atoms with van der Waals surface area (Å²) in [5, 5.41) is 0.800. The van der Waals surface area contributed by atoms with E-state index in [1.807, 2.05) is 6.07 Å². The van der Waals surface area contributed by atoms with Crippen LogP contribution in [0.3, 0.4) is 0 Å². The lowest BCUT2D eigenvalue weighted by Gasteiger charge is -2.25. The van der Waals surface area contributed by atoms with E-state index in [4.69, 9.17) is 17.3 Å². The van der Waals surface area contributed by atoms with Crippen molar-refractivity contribution in [1.82, 2.24) is 4.90 Å². The molecule has 18 heavy (non-hydrogen) atoms. The van der Waals surface area contributed by atoms with Crippen molar-refractivity contribution in [2.75, 3.05) is 44.7 Å². The van der Waals surface area contributed by atoms with Gasteiger partial charge in [-0.2, -0.15) is 0 Å². The second-order valence-corrected chi connectivity index (χ2v) is 5.39. The Morgan fingerprint density at radius 3 is 2.83 bits per heavy atom. The fourth-order valence-corrected chi connectivity index (χ4v) is 2.70. The molecule has 0 aliphatic carbocycles. The summed E-state index contributed by atoms with van der Waals surface area (Å²) in [5.41, 5.74) is 8.27. The van der Waals surface area contributed by atoms with Gasteiger partial charge in [-0.15, -0.1) is 0 Å². The fourth-order valence-electron chi connectivity index (χ4n) is 2.51. The molecule has 1 heterocycles. The van der Waals surface area contributed by atoms with Gasteiger partial charge in [-0.1, -0.05) is 11.6 Å².